The molecule has 7 heteroatoms. The summed E-state index contributed by atoms with van der Waals surface area (Å²) in [6, 6.07) is 17.9. The maximum atomic E-state index is 11.9. The van der Waals surface area contributed by atoms with Gasteiger partial charge in [0.05, 0.1) is 6.61 Å². The van der Waals surface area contributed by atoms with Crippen LogP contribution in [0.5, 0.6) is 17.4 Å². The van der Waals surface area contributed by atoms with Crippen molar-refractivity contribution < 1.29 is 19.0 Å². The first-order valence-corrected chi connectivity index (χ1v) is 13.7. The lowest BCUT2D eigenvalue weighted by atomic mass is 9.89. The van der Waals surface area contributed by atoms with E-state index in [2.05, 4.69) is 34.2 Å². The first-order valence-electron chi connectivity index (χ1n) is 13.3. The molecule has 1 aromatic heterocycles. The second-order valence-corrected chi connectivity index (χ2v) is 10.1. The predicted molar refractivity (Wildman–Crippen MR) is 149 cm³/mol. The van der Waals surface area contributed by atoms with E-state index >= 15 is 0 Å². The normalized spacial score (nSPS) is 16.7. The number of allylic oxidation sites excluding steroid dienone is 1. The summed E-state index contributed by atoms with van der Waals surface area (Å²) < 4.78 is 17.1. The summed E-state index contributed by atoms with van der Waals surface area (Å²) in [6.07, 6.45) is 7.92. The van der Waals surface area contributed by atoms with Crippen molar-refractivity contribution in [2.24, 2.45) is 0 Å². The molecule has 0 unspecified atom stereocenters. The highest BCUT2D eigenvalue weighted by atomic mass is 35.5. The monoisotopic (exact) mass is 532 g/mol. The van der Waals surface area contributed by atoms with Gasteiger partial charge in [-0.25, -0.2) is 9.78 Å². The van der Waals surface area contributed by atoms with Gasteiger partial charge in [-0.2, -0.15) is 0 Å². The maximum Gasteiger partial charge on any atom is 0.344 e. The first-order chi connectivity index (χ1) is 18.6. The number of halogens is 1. The van der Waals surface area contributed by atoms with E-state index in [1.54, 1.807) is 13.1 Å². The van der Waals surface area contributed by atoms with Gasteiger partial charge < -0.3 is 19.1 Å². The highest BCUT2D eigenvalue weighted by molar-refractivity contribution is 6.30. The molecule has 38 heavy (non-hydrogen) atoms. The highest BCUT2D eigenvalue weighted by Crippen LogP contribution is 2.41. The molecular formula is C31H33ClN2O4. The molecule has 1 fully saturated rings. The van der Waals surface area contributed by atoms with Crippen LogP contribution in [-0.4, -0.2) is 48.7 Å². The Hall–Kier alpha value is -3.35. The molecule has 0 N–H and O–H groups in total. The zero-order valence-corrected chi connectivity index (χ0v) is 22.5. The fraction of sp³-hybridized carbons (Fsp3) is 0.355. The second kappa shape index (κ2) is 12.5. The molecule has 0 radical (unpaired) electrons. The van der Waals surface area contributed by atoms with Crippen molar-refractivity contribution in [2.75, 3.05) is 32.8 Å². The molecule has 0 saturated carbocycles. The minimum Gasteiger partial charge on any atom is -0.481 e. The molecule has 0 aliphatic carbocycles. The van der Waals surface area contributed by atoms with Gasteiger partial charge in [0.1, 0.15) is 11.5 Å². The SMILES string of the molecule is CCOC(=O)COc1cccc2c1C/C(=C/CCN1CCC(c3ccc(Cl)cc3)CC1)c1cccnc1O2. The average Bonchev–Trinajstić information content (AvgIpc) is 3.10. The van der Waals surface area contributed by atoms with E-state index in [0.717, 1.165) is 60.6 Å². The molecule has 6 nitrogen and oxygen atoms in total. The largest absolute Gasteiger partial charge is 0.481 e. The summed E-state index contributed by atoms with van der Waals surface area (Å²) in [4.78, 5) is 18.9. The number of carbonyl (C=O) groups excluding carboxylic acids is 1. The molecule has 0 amide bonds. The molecule has 2 aliphatic heterocycles. The summed E-state index contributed by atoms with van der Waals surface area (Å²) >= 11 is 6.06. The zero-order chi connectivity index (χ0) is 26.3. The van der Waals surface area contributed by atoms with Gasteiger partial charge in [-0.05, 0) is 92.7 Å². The lowest BCUT2D eigenvalue weighted by molar-refractivity contribution is -0.145. The summed E-state index contributed by atoms with van der Waals surface area (Å²) in [5.74, 6) is 2.12. The van der Waals surface area contributed by atoms with Gasteiger partial charge in [0.15, 0.2) is 6.61 Å². The number of piperidine rings is 1. The average molecular weight is 533 g/mol. The van der Waals surface area contributed by atoms with E-state index in [1.165, 1.54) is 5.56 Å². The van der Waals surface area contributed by atoms with Crippen molar-refractivity contribution >= 4 is 23.1 Å². The minimum absolute atomic E-state index is 0.138. The van der Waals surface area contributed by atoms with Gasteiger partial charge >= 0.3 is 5.97 Å². The first kappa shape index (κ1) is 26.3. The Morgan fingerprint density at radius 3 is 2.74 bits per heavy atom. The number of hydrogen-bond donors (Lipinski definition) is 0. The Balaban J connectivity index is 1.27. The maximum absolute atomic E-state index is 11.9. The van der Waals surface area contributed by atoms with Crippen LogP contribution in [0, 0.1) is 0 Å². The minimum atomic E-state index is -0.389. The summed E-state index contributed by atoms with van der Waals surface area (Å²) in [5, 5.41) is 0.792. The van der Waals surface area contributed by atoms with Crippen molar-refractivity contribution in [1.29, 1.82) is 0 Å². The standard InChI is InChI=1S/C31H33ClN2O4/c1-2-36-30(35)21-37-28-8-3-9-29-27(28)20-24(26-7-4-16-33-31(26)38-29)6-5-17-34-18-14-23(15-19-34)22-10-12-25(32)13-11-22/h3-4,6-13,16,23H,2,5,14-15,17-21H2,1H3/b24-6-. The van der Waals surface area contributed by atoms with Crippen molar-refractivity contribution in [1.82, 2.24) is 9.88 Å². The van der Waals surface area contributed by atoms with E-state index in [4.69, 9.17) is 25.8 Å². The van der Waals surface area contributed by atoms with Gasteiger partial charge in [-0.15, -0.1) is 0 Å². The number of fused-ring (bicyclic) bond motifs is 2. The molecule has 1 saturated heterocycles. The molecule has 2 aromatic carbocycles. The lowest BCUT2D eigenvalue weighted by Crippen LogP contribution is -2.33. The Kier molecular flexibility index (Phi) is 8.61. The Bertz CT molecular complexity index is 1280. The molecule has 0 spiro atoms. The second-order valence-electron chi connectivity index (χ2n) is 9.65. The Morgan fingerprint density at radius 1 is 1.13 bits per heavy atom. The summed E-state index contributed by atoms with van der Waals surface area (Å²) in [7, 11) is 0. The number of ether oxygens (including phenoxy) is 3. The number of hydrogen-bond acceptors (Lipinski definition) is 6. The summed E-state index contributed by atoms with van der Waals surface area (Å²) in [6.45, 7) is 5.15. The number of aromatic nitrogens is 1. The highest BCUT2D eigenvalue weighted by Gasteiger charge is 2.24. The molecule has 3 aromatic rings. The van der Waals surface area contributed by atoms with Crippen LogP contribution in [0.1, 0.15) is 48.8 Å². The van der Waals surface area contributed by atoms with Crippen LogP contribution < -0.4 is 9.47 Å². The van der Waals surface area contributed by atoms with E-state index < -0.39 is 0 Å². The Morgan fingerprint density at radius 2 is 1.95 bits per heavy atom. The quantitative estimate of drug-likeness (QED) is 0.302. The third-order valence-corrected chi connectivity index (χ3v) is 7.45. The van der Waals surface area contributed by atoms with Crippen LogP contribution in [0.2, 0.25) is 5.02 Å². The predicted octanol–water partition coefficient (Wildman–Crippen LogP) is 6.68. The molecule has 2 aliphatic rings. The van der Waals surface area contributed by atoms with E-state index in [1.807, 2.05) is 36.4 Å². The smallest absolute Gasteiger partial charge is 0.344 e. The van der Waals surface area contributed by atoms with Crippen LogP contribution in [0.25, 0.3) is 5.57 Å². The van der Waals surface area contributed by atoms with E-state index in [9.17, 15) is 4.79 Å². The van der Waals surface area contributed by atoms with Gasteiger partial charge in [0, 0.05) is 35.3 Å². The third-order valence-electron chi connectivity index (χ3n) is 7.20. The number of esters is 1. The number of nitrogens with zero attached hydrogens (tertiary/aromatic N) is 2. The van der Waals surface area contributed by atoms with Gasteiger partial charge in [-0.3, -0.25) is 0 Å². The van der Waals surface area contributed by atoms with Crippen molar-refractivity contribution in [3.8, 4) is 17.4 Å². The van der Waals surface area contributed by atoms with Gasteiger partial charge in [0.2, 0.25) is 5.88 Å². The topological polar surface area (TPSA) is 60.9 Å². The molecule has 198 valence electrons. The van der Waals surface area contributed by atoms with Crippen molar-refractivity contribution in [3.05, 3.63) is 88.6 Å². The third kappa shape index (κ3) is 6.37. The Labute approximate surface area is 229 Å². The van der Waals surface area contributed by atoms with Crippen molar-refractivity contribution in [3.63, 3.8) is 0 Å². The fourth-order valence-corrected chi connectivity index (χ4v) is 5.35. The van der Waals surface area contributed by atoms with E-state index in [0.29, 0.717) is 36.3 Å². The van der Waals surface area contributed by atoms with Crippen LogP contribution in [0.15, 0.2) is 66.9 Å². The fourth-order valence-electron chi connectivity index (χ4n) is 5.22. The van der Waals surface area contributed by atoms with Gasteiger partial charge in [-0.1, -0.05) is 35.9 Å². The number of rotatable bonds is 8. The molecule has 0 atom stereocenters. The number of pyridine rings is 1. The molecule has 0 bridgehead atoms. The lowest BCUT2D eigenvalue weighted by Gasteiger charge is -2.32. The van der Waals surface area contributed by atoms with Crippen LogP contribution >= 0.6 is 11.6 Å². The molecule has 3 heterocycles. The van der Waals surface area contributed by atoms with Crippen molar-refractivity contribution in [2.45, 2.75) is 38.5 Å². The summed E-state index contributed by atoms with van der Waals surface area (Å²) in [5.41, 5.74) is 4.43. The van der Waals surface area contributed by atoms with Gasteiger partial charge in [0.25, 0.3) is 0 Å². The zero-order valence-electron chi connectivity index (χ0n) is 21.7. The van der Waals surface area contributed by atoms with Crippen LogP contribution in [0.4, 0.5) is 0 Å². The van der Waals surface area contributed by atoms with Crippen LogP contribution in [-0.2, 0) is 16.0 Å². The molecule has 5 rings (SSSR count). The van der Waals surface area contributed by atoms with Crippen LogP contribution in [0.3, 0.4) is 0 Å². The molecular weight excluding hydrogens is 500 g/mol. The number of likely N-dealkylation sites (tertiary alicyclic amines) is 1. The number of benzene rings is 2. The van der Waals surface area contributed by atoms with E-state index in [-0.39, 0.29) is 12.6 Å². The number of carbonyl (C=O) groups is 1.